The van der Waals surface area contributed by atoms with E-state index in [2.05, 4.69) is 10.1 Å². The number of methoxy groups -OCH3 is 2. The van der Waals surface area contributed by atoms with E-state index in [4.69, 9.17) is 4.74 Å². The third-order valence-electron chi connectivity index (χ3n) is 5.53. The fraction of sp³-hybridized carbons (Fsp3) is 0.348. The first-order valence-electron chi connectivity index (χ1n) is 10.4. The van der Waals surface area contributed by atoms with E-state index in [9.17, 15) is 24.5 Å². The molecule has 2 amide bonds. The zero-order chi connectivity index (χ0) is 24.0. The summed E-state index contributed by atoms with van der Waals surface area (Å²) in [6.07, 6.45) is 1.31. The molecule has 174 valence electrons. The Morgan fingerprint density at radius 2 is 1.76 bits per heavy atom. The van der Waals surface area contributed by atoms with E-state index in [0.717, 1.165) is 24.8 Å². The number of nitro benzene ring substituents is 1. The van der Waals surface area contributed by atoms with Gasteiger partial charge in [-0.3, -0.25) is 19.7 Å². The number of non-ortho nitro benzene ring substituents is 1. The second kappa shape index (κ2) is 10.6. The predicted molar refractivity (Wildman–Crippen MR) is 118 cm³/mol. The lowest BCUT2D eigenvalue weighted by molar-refractivity contribution is -0.384. The summed E-state index contributed by atoms with van der Waals surface area (Å²) >= 11 is 0. The lowest BCUT2D eigenvalue weighted by atomic mass is 10.0. The van der Waals surface area contributed by atoms with Crippen LogP contribution in [0.2, 0.25) is 0 Å². The number of carbonyl (C=O) groups excluding carboxylic acids is 3. The first kappa shape index (κ1) is 23.7. The number of nitrogens with one attached hydrogen (secondary N) is 1. The molecular weight excluding hydrogens is 430 g/mol. The molecule has 0 unspecified atom stereocenters. The largest absolute Gasteiger partial charge is 0.496 e. The number of likely N-dealkylation sites (tertiary alicyclic amines) is 1. The number of nitro groups is 1. The number of benzene rings is 2. The molecule has 0 saturated carbocycles. The molecule has 10 heteroatoms. The second-order valence-electron chi connectivity index (χ2n) is 7.63. The van der Waals surface area contributed by atoms with Gasteiger partial charge in [0.1, 0.15) is 5.75 Å². The number of carbonyl (C=O) groups is 3. The van der Waals surface area contributed by atoms with E-state index < -0.39 is 16.8 Å². The van der Waals surface area contributed by atoms with E-state index in [-0.39, 0.29) is 35.2 Å². The Kier molecular flexibility index (Phi) is 7.60. The number of piperidine rings is 1. The Morgan fingerprint density at radius 1 is 1.09 bits per heavy atom. The number of rotatable bonds is 7. The van der Waals surface area contributed by atoms with Crippen LogP contribution in [-0.4, -0.2) is 61.0 Å². The smallest absolute Gasteiger partial charge is 0.338 e. The summed E-state index contributed by atoms with van der Waals surface area (Å²) in [6, 6.07) is 10.6. The van der Waals surface area contributed by atoms with Crippen molar-refractivity contribution in [3.05, 3.63) is 69.3 Å². The topological polar surface area (TPSA) is 128 Å². The molecule has 0 bridgehead atoms. The van der Waals surface area contributed by atoms with Crippen molar-refractivity contribution >= 4 is 23.5 Å². The monoisotopic (exact) mass is 455 g/mol. The molecule has 0 radical (unpaired) electrons. The summed E-state index contributed by atoms with van der Waals surface area (Å²) in [5.74, 6) is -0.653. The number of nitrogens with zero attached hydrogens (tertiary/aromatic N) is 2. The zero-order valence-electron chi connectivity index (χ0n) is 18.4. The van der Waals surface area contributed by atoms with Gasteiger partial charge in [-0.05, 0) is 25.0 Å². The van der Waals surface area contributed by atoms with Gasteiger partial charge in [0.25, 0.3) is 11.6 Å². The standard InChI is InChI=1S/C23H25N3O7/c1-32-20-6-4-3-5-15(20)14-21(27)25-9-7-18(8-10-25)24-22(28)16-11-17(23(29)33-2)13-19(12-16)26(30)31/h3-6,11-13,18H,7-10,14H2,1-2H3,(H,24,28). The van der Waals surface area contributed by atoms with Crippen LogP contribution in [0.5, 0.6) is 5.75 Å². The highest BCUT2D eigenvalue weighted by Crippen LogP contribution is 2.21. The Labute approximate surface area is 190 Å². The molecular formula is C23H25N3O7. The lowest BCUT2D eigenvalue weighted by Gasteiger charge is -2.32. The highest BCUT2D eigenvalue weighted by molar-refractivity contribution is 5.99. The SMILES string of the molecule is COC(=O)c1cc(C(=O)NC2CCN(C(=O)Cc3ccccc3OC)CC2)cc([N+](=O)[O-])c1. The van der Waals surface area contributed by atoms with Crippen LogP contribution in [0, 0.1) is 10.1 Å². The molecule has 2 aromatic carbocycles. The Hall–Kier alpha value is -3.95. The third-order valence-corrected chi connectivity index (χ3v) is 5.53. The van der Waals surface area contributed by atoms with E-state index in [1.54, 1.807) is 12.0 Å². The van der Waals surface area contributed by atoms with Gasteiger partial charge in [-0.1, -0.05) is 18.2 Å². The Balaban J connectivity index is 1.60. The van der Waals surface area contributed by atoms with E-state index >= 15 is 0 Å². The molecule has 1 aliphatic heterocycles. The Bertz CT molecular complexity index is 1060. The number of hydrogen-bond donors (Lipinski definition) is 1. The number of ether oxygens (including phenoxy) is 2. The molecule has 3 rings (SSSR count). The van der Waals surface area contributed by atoms with Crippen molar-refractivity contribution in [3.8, 4) is 5.75 Å². The molecule has 0 aromatic heterocycles. The summed E-state index contributed by atoms with van der Waals surface area (Å²) in [6.45, 7) is 0.947. The number of hydrogen-bond acceptors (Lipinski definition) is 7. The van der Waals surface area contributed by atoms with Gasteiger partial charge >= 0.3 is 5.97 Å². The van der Waals surface area contributed by atoms with Crippen molar-refractivity contribution in [3.63, 3.8) is 0 Å². The van der Waals surface area contributed by atoms with Crippen LogP contribution in [0.15, 0.2) is 42.5 Å². The maximum absolute atomic E-state index is 12.7. The Morgan fingerprint density at radius 3 is 2.39 bits per heavy atom. The minimum atomic E-state index is -0.769. The maximum atomic E-state index is 12.7. The van der Waals surface area contributed by atoms with Crippen molar-refractivity contribution in [2.75, 3.05) is 27.3 Å². The van der Waals surface area contributed by atoms with Gasteiger partial charge < -0.3 is 19.7 Å². The van der Waals surface area contributed by atoms with Crippen molar-refractivity contribution < 1.29 is 28.8 Å². The van der Waals surface area contributed by atoms with Crippen LogP contribution >= 0.6 is 0 Å². The van der Waals surface area contributed by atoms with Gasteiger partial charge in [0.15, 0.2) is 0 Å². The zero-order valence-corrected chi connectivity index (χ0v) is 18.4. The summed E-state index contributed by atoms with van der Waals surface area (Å²) in [4.78, 5) is 49.4. The molecule has 1 heterocycles. The molecule has 10 nitrogen and oxygen atoms in total. The molecule has 1 fully saturated rings. The number of para-hydroxylation sites is 1. The molecule has 1 N–H and O–H groups in total. The van der Waals surface area contributed by atoms with Crippen LogP contribution in [0.4, 0.5) is 5.69 Å². The van der Waals surface area contributed by atoms with E-state index in [0.29, 0.717) is 31.7 Å². The van der Waals surface area contributed by atoms with Crippen LogP contribution < -0.4 is 10.1 Å². The highest BCUT2D eigenvalue weighted by Gasteiger charge is 2.26. The molecule has 0 spiro atoms. The van der Waals surface area contributed by atoms with Gasteiger partial charge in [-0.2, -0.15) is 0 Å². The first-order valence-corrected chi connectivity index (χ1v) is 10.4. The fourth-order valence-electron chi connectivity index (χ4n) is 3.75. The molecule has 2 aromatic rings. The maximum Gasteiger partial charge on any atom is 0.338 e. The fourth-order valence-corrected chi connectivity index (χ4v) is 3.75. The van der Waals surface area contributed by atoms with Gasteiger partial charge in [-0.15, -0.1) is 0 Å². The first-order chi connectivity index (χ1) is 15.8. The molecule has 1 aliphatic rings. The second-order valence-corrected chi connectivity index (χ2v) is 7.63. The average Bonchev–Trinajstić information content (AvgIpc) is 2.83. The van der Waals surface area contributed by atoms with Crippen LogP contribution in [-0.2, 0) is 16.0 Å². The summed E-state index contributed by atoms with van der Waals surface area (Å²) < 4.78 is 9.91. The number of amides is 2. The predicted octanol–water partition coefficient (Wildman–Crippen LogP) is 2.35. The molecule has 33 heavy (non-hydrogen) atoms. The average molecular weight is 455 g/mol. The van der Waals surface area contributed by atoms with Crippen LogP contribution in [0.25, 0.3) is 0 Å². The van der Waals surface area contributed by atoms with Gasteiger partial charge in [0, 0.05) is 42.4 Å². The van der Waals surface area contributed by atoms with Crippen molar-refractivity contribution in [1.82, 2.24) is 10.2 Å². The molecule has 0 aliphatic carbocycles. The van der Waals surface area contributed by atoms with Crippen LogP contribution in [0.1, 0.15) is 39.1 Å². The summed E-state index contributed by atoms with van der Waals surface area (Å²) in [7, 11) is 2.72. The quantitative estimate of drug-likeness (QED) is 0.386. The highest BCUT2D eigenvalue weighted by atomic mass is 16.6. The van der Waals surface area contributed by atoms with Gasteiger partial charge in [0.2, 0.25) is 5.91 Å². The third kappa shape index (κ3) is 5.85. The molecule has 1 saturated heterocycles. The van der Waals surface area contributed by atoms with E-state index in [1.807, 2.05) is 24.3 Å². The van der Waals surface area contributed by atoms with Gasteiger partial charge in [-0.25, -0.2) is 4.79 Å². The normalized spacial score (nSPS) is 13.8. The van der Waals surface area contributed by atoms with E-state index in [1.165, 1.54) is 6.07 Å². The van der Waals surface area contributed by atoms with Crippen molar-refractivity contribution in [2.24, 2.45) is 0 Å². The van der Waals surface area contributed by atoms with Gasteiger partial charge in [0.05, 0.1) is 31.1 Å². The minimum absolute atomic E-state index is 0.000668. The summed E-state index contributed by atoms with van der Waals surface area (Å²) in [5, 5.41) is 14.0. The van der Waals surface area contributed by atoms with Crippen LogP contribution in [0.3, 0.4) is 0 Å². The van der Waals surface area contributed by atoms with Crippen molar-refractivity contribution in [2.45, 2.75) is 25.3 Å². The molecule has 0 atom stereocenters. The van der Waals surface area contributed by atoms with Crippen molar-refractivity contribution in [1.29, 1.82) is 0 Å². The lowest BCUT2D eigenvalue weighted by Crippen LogP contribution is -2.47. The summed E-state index contributed by atoms with van der Waals surface area (Å²) in [5.41, 5.74) is 0.361. The minimum Gasteiger partial charge on any atom is -0.496 e. The number of esters is 1.